The monoisotopic (exact) mass is 415 g/mol. The van der Waals surface area contributed by atoms with Crippen molar-refractivity contribution in [3.63, 3.8) is 0 Å². The standard InChI is InChI=1S/C21H25N3O6/c1-28-18(26)12-17(19(27)29-2)30-23-20(22)21-10-8-15(9-11-21)24(21)13-16(25)14-6-4-3-5-7-14/h3-7,12,15H,8-11,13H2,1-2H3,(H2,22,23). The summed E-state index contributed by atoms with van der Waals surface area (Å²) in [4.78, 5) is 43.3. The van der Waals surface area contributed by atoms with E-state index in [1.807, 2.05) is 18.2 Å². The van der Waals surface area contributed by atoms with Gasteiger partial charge >= 0.3 is 11.9 Å². The van der Waals surface area contributed by atoms with Gasteiger partial charge in [-0.1, -0.05) is 35.5 Å². The lowest BCUT2D eigenvalue weighted by Gasteiger charge is -2.33. The van der Waals surface area contributed by atoms with E-state index < -0.39 is 23.2 Å². The second kappa shape index (κ2) is 9.08. The van der Waals surface area contributed by atoms with E-state index >= 15 is 0 Å². The zero-order valence-corrected chi connectivity index (χ0v) is 17.0. The van der Waals surface area contributed by atoms with Gasteiger partial charge in [-0.3, -0.25) is 9.69 Å². The van der Waals surface area contributed by atoms with Crippen molar-refractivity contribution in [1.29, 1.82) is 0 Å². The normalized spacial score (nSPS) is 23.9. The van der Waals surface area contributed by atoms with Crippen molar-refractivity contribution in [2.45, 2.75) is 37.3 Å². The van der Waals surface area contributed by atoms with Gasteiger partial charge in [0.2, 0.25) is 5.76 Å². The molecule has 3 rings (SSSR count). The highest BCUT2D eigenvalue weighted by Gasteiger charge is 2.55. The summed E-state index contributed by atoms with van der Waals surface area (Å²) < 4.78 is 9.10. The summed E-state index contributed by atoms with van der Waals surface area (Å²) in [5.74, 6) is -1.96. The molecule has 9 heteroatoms. The number of ketones is 1. The van der Waals surface area contributed by atoms with Crippen molar-refractivity contribution in [2.75, 3.05) is 20.8 Å². The molecule has 2 N–H and O–H groups in total. The molecule has 2 fully saturated rings. The van der Waals surface area contributed by atoms with Gasteiger partial charge in [0.1, 0.15) is 0 Å². The maximum absolute atomic E-state index is 12.8. The summed E-state index contributed by atoms with van der Waals surface area (Å²) in [6.45, 7) is 0.215. The second-order valence-corrected chi connectivity index (χ2v) is 7.27. The molecule has 0 atom stereocenters. The lowest BCUT2D eigenvalue weighted by molar-refractivity contribution is -0.142. The zero-order chi connectivity index (χ0) is 21.7. The van der Waals surface area contributed by atoms with Crippen LogP contribution in [0.15, 0.2) is 47.3 Å². The number of Topliss-reactive ketones (excluding diaryl/α,β-unsaturated/α-hetero) is 1. The minimum atomic E-state index is -0.888. The summed E-state index contributed by atoms with van der Waals surface area (Å²) in [5.41, 5.74) is 6.30. The number of ether oxygens (including phenoxy) is 2. The van der Waals surface area contributed by atoms with Crippen molar-refractivity contribution >= 4 is 23.6 Å². The molecule has 0 saturated carbocycles. The number of benzene rings is 1. The Morgan fingerprint density at radius 3 is 2.43 bits per heavy atom. The van der Waals surface area contributed by atoms with E-state index in [-0.39, 0.29) is 24.2 Å². The number of carbonyl (C=O) groups is 3. The number of amidine groups is 1. The van der Waals surface area contributed by atoms with Crippen molar-refractivity contribution < 1.29 is 28.7 Å². The fourth-order valence-electron chi connectivity index (χ4n) is 4.15. The molecular weight excluding hydrogens is 390 g/mol. The number of hydrogen-bond acceptors (Lipinski definition) is 8. The quantitative estimate of drug-likeness (QED) is 0.129. The SMILES string of the molecule is COC(=O)C=C(ON=C(N)C12CCC(CC1)N2CC(=O)c1ccccc1)C(=O)OC. The van der Waals surface area contributed by atoms with Gasteiger partial charge in [-0.2, -0.15) is 0 Å². The minimum absolute atomic E-state index is 0.00308. The molecule has 1 aromatic carbocycles. The molecule has 9 nitrogen and oxygen atoms in total. The molecule has 2 aliphatic rings. The number of hydrogen-bond donors (Lipinski definition) is 1. The average Bonchev–Trinajstić information content (AvgIpc) is 3.31. The fourth-order valence-corrected chi connectivity index (χ4v) is 4.15. The molecule has 2 aliphatic heterocycles. The first-order chi connectivity index (χ1) is 14.4. The van der Waals surface area contributed by atoms with E-state index in [1.54, 1.807) is 12.1 Å². The Kier molecular flexibility index (Phi) is 6.51. The maximum atomic E-state index is 12.8. The molecule has 0 aliphatic carbocycles. The van der Waals surface area contributed by atoms with E-state index in [1.165, 1.54) is 7.11 Å². The molecule has 30 heavy (non-hydrogen) atoms. The Morgan fingerprint density at radius 1 is 1.17 bits per heavy atom. The third-order valence-electron chi connectivity index (χ3n) is 5.74. The lowest BCUT2D eigenvalue weighted by atomic mass is 9.87. The topological polar surface area (TPSA) is 121 Å². The van der Waals surface area contributed by atoms with Gasteiger partial charge in [0.25, 0.3) is 0 Å². The Hall–Kier alpha value is -3.20. The van der Waals surface area contributed by atoms with Gasteiger partial charge < -0.3 is 20.0 Å². The number of oxime groups is 1. The average molecular weight is 415 g/mol. The Labute approximate surface area is 174 Å². The van der Waals surface area contributed by atoms with Gasteiger partial charge in [-0.15, -0.1) is 0 Å². The van der Waals surface area contributed by atoms with Crippen LogP contribution in [0.2, 0.25) is 0 Å². The number of esters is 2. The van der Waals surface area contributed by atoms with Gasteiger partial charge in [-0.25, -0.2) is 9.59 Å². The Bertz CT molecular complexity index is 872. The van der Waals surface area contributed by atoms with Crippen molar-refractivity contribution in [3.8, 4) is 0 Å². The number of nitrogens with two attached hydrogens (primary N) is 1. The Balaban J connectivity index is 1.79. The summed E-state index contributed by atoms with van der Waals surface area (Å²) in [6, 6.07) is 9.32. The third kappa shape index (κ3) is 4.20. The lowest BCUT2D eigenvalue weighted by Crippen LogP contribution is -2.53. The highest BCUT2D eigenvalue weighted by atomic mass is 16.7. The van der Waals surface area contributed by atoms with E-state index in [2.05, 4.69) is 19.5 Å². The van der Waals surface area contributed by atoms with E-state index in [9.17, 15) is 14.4 Å². The van der Waals surface area contributed by atoms with Crippen LogP contribution >= 0.6 is 0 Å². The first kappa shape index (κ1) is 21.5. The van der Waals surface area contributed by atoms with Crippen LogP contribution in [0.3, 0.4) is 0 Å². The molecule has 0 aromatic heterocycles. The van der Waals surface area contributed by atoms with E-state index in [0.717, 1.165) is 38.9 Å². The minimum Gasteiger partial charge on any atom is -0.466 e. The smallest absolute Gasteiger partial charge is 0.377 e. The van der Waals surface area contributed by atoms with E-state index in [4.69, 9.17) is 10.6 Å². The molecule has 0 radical (unpaired) electrons. The van der Waals surface area contributed by atoms with Crippen LogP contribution in [0.4, 0.5) is 0 Å². The van der Waals surface area contributed by atoms with Crippen molar-refractivity contribution in [2.24, 2.45) is 10.9 Å². The number of rotatable bonds is 8. The summed E-state index contributed by atoms with van der Waals surface area (Å²) in [7, 11) is 2.32. The maximum Gasteiger partial charge on any atom is 0.377 e. The number of carbonyl (C=O) groups excluding carboxylic acids is 3. The highest BCUT2D eigenvalue weighted by molar-refractivity contribution is 5.99. The molecule has 0 amide bonds. The van der Waals surface area contributed by atoms with Crippen LogP contribution in [0.1, 0.15) is 36.0 Å². The van der Waals surface area contributed by atoms with E-state index in [0.29, 0.717) is 5.56 Å². The third-order valence-corrected chi connectivity index (χ3v) is 5.74. The van der Waals surface area contributed by atoms with Crippen LogP contribution in [0.5, 0.6) is 0 Å². The summed E-state index contributed by atoms with van der Waals surface area (Å²) in [6.07, 6.45) is 4.07. The van der Waals surface area contributed by atoms with Crippen molar-refractivity contribution in [1.82, 2.24) is 4.90 Å². The summed E-state index contributed by atoms with van der Waals surface area (Å²) in [5, 5.41) is 3.93. The van der Waals surface area contributed by atoms with Gasteiger partial charge in [0.15, 0.2) is 11.6 Å². The molecule has 1 aromatic rings. The largest absolute Gasteiger partial charge is 0.466 e. The molecule has 160 valence electrons. The molecule has 2 saturated heterocycles. The van der Waals surface area contributed by atoms with Crippen LogP contribution < -0.4 is 5.73 Å². The molecule has 0 spiro atoms. The molecule has 2 bridgehead atoms. The number of methoxy groups -OCH3 is 2. The van der Waals surface area contributed by atoms with Gasteiger partial charge in [-0.05, 0) is 25.7 Å². The molecular formula is C21H25N3O6. The van der Waals surface area contributed by atoms with Gasteiger partial charge in [0, 0.05) is 11.6 Å². The first-order valence-electron chi connectivity index (χ1n) is 9.65. The number of fused-ring (bicyclic) bond motifs is 2. The van der Waals surface area contributed by atoms with Crippen LogP contribution in [-0.2, 0) is 23.9 Å². The predicted molar refractivity (Wildman–Crippen MR) is 107 cm³/mol. The first-order valence-corrected chi connectivity index (χ1v) is 9.65. The fraction of sp³-hybridized carbons (Fsp3) is 0.429. The predicted octanol–water partition coefficient (Wildman–Crippen LogP) is 1.38. The summed E-state index contributed by atoms with van der Waals surface area (Å²) >= 11 is 0. The van der Waals surface area contributed by atoms with Crippen molar-refractivity contribution in [3.05, 3.63) is 47.7 Å². The van der Waals surface area contributed by atoms with Gasteiger partial charge in [0.05, 0.1) is 32.4 Å². The molecule has 0 unspecified atom stereocenters. The second-order valence-electron chi connectivity index (χ2n) is 7.27. The van der Waals surface area contributed by atoms with Crippen LogP contribution in [0, 0.1) is 0 Å². The zero-order valence-electron chi connectivity index (χ0n) is 17.0. The molecule has 2 heterocycles. The van der Waals surface area contributed by atoms with Crippen LogP contribution in [-0.4, -0.2) is 60.8 Å². The Morgan fingerprint density at radius 2 is 1.83 bits per heavy atom. The number of nitrogens with zero attached hydrogens (tertiary/aromatic N) is 2. The van der Waals surface area contributed by atoms with Crippen LogP contribution in [0.25, 0.3) is 0 Å². The highest BCUT2D eigenvalue weighted by Crippen LogP contribution is 2.46.